The third kappa shape index (κ3) is 2.49. The van der Waals surface area contributed by atoms with Crippen LogP contribution in [0.25, 0.3) is 0 Å². The molecule has 0 heterocycles. The summed E-state index contributed by atoms with van der Waals surface area (Å²) in [5.41, 5.74) is 0. The molecular weight excluding hydrogens is 126 g/mol. The van der Waals surface area contributed by atoms with Gasteiger partial charge < -0.3 is 0 Å². The van der Waals surface area contributed by atoms with Gasteiger partial charge in [-0.25, -0.2) is 4.39 Å². The molecular formula is C3H3Cl2F. The van der Waals surface area contributed by atoms with Crippen LogP contribution in [0.1, 0.15) is 0 Å². The first-order chi connectivity index (χ1) is 2.64. The molecule has 0 N–H and O–H groups in total. The maximum Gasteiger partial charge on any atom is 0.158 e. The Labute approximate surface area is 45.6 Å². The zero-order chi connectivity index (χ0) is 5.15. The van der Waals surface area contributed by atoms with E-state index in [4.69, 9.17) is 23.2 Å². The van der Waals surface area contributed by atoms with Gasteiger partial charge in [0.2, 0.25) is 0 Å². The molecule has 0 unspecified atom stereocenters. The third-order valence-electron chi connectivity index (χ3n) is 0.237. The van der Waals surface area contributed by atoms with Gasteiger partial charge in [0.25, 0.3) is 0 Å². The molecule has 0 fully saturated rings. The van der Waals surface area contributed by atoms with Gasteiger partial charge in [-0.1, -0.05) is 29.8 Å². The largest absolute Gasteiger partial charge is 0.209 e. The maximum atomic E-state index is 11.4. The molecule has 0 aliphatic heterocycles. The van der Waals surface area contributed by atoms with Crippen LogP contribution < -0.4 is 0 Å². The van der Waals surface area contributed by atoms with Crippen molar-refractivity contribution in [2.45, 2.75) is 4.84 Å². The fourth-order valence-corrected chi connectivity index (χ4v) is 0. The lowest BCUT2D eigenvalue weighted by Crippen LogP contribution is -1.80. The predicted molar refractivity (Wildman–Crippen MR) is 25.7 cm³/mol. The van der Waals surface area contributed by atoms with E-state index in [1.165, 1.54) is 0 Å². The molecule has 0 amide bonds. The van der Waals surface area contributed by atoms with E-state index in [9.17, 15) is 4.39 Å². The number of hydrogen-bond donors (Lipinski definition) is 0. The Morgan fingerprint density at radius 3 is 1.83 bits per heavy atom. The zero-order valence-corrected chi connectivity index (χ0v) is 4.43. The first kappa shape index (κ1) is 6.25. The van der Waals surface area contributed by atoms with Crippen LogP contribution in [0, 0.1) is 0 Å². The molecule has 0 nitrogen and oxygen atoms in total. The summed E-state index contributed by atoms with van der Waals surface area (Å²) in [5, 5.41) is 0. The van der Waals surface area contributed by atoms with Gasteiger partial charge in [-0.2, -0.15) is 0 Å². The topological polar surface area (TPSA) is 0 Å². The smallest absolute Gasteiger partial charge is 0.158 e. The first-order valence-electron chi connectivity index (χ1n) is 1.27. The van der Waals surface area contributed by atoms with Crippen LogP contribution >= 0.6 is 23.2 Å². The number of rotatable bonds is 1. The van der Waals surface area contributed by atoms with Crippen LogP contribution in [0.3, 0.4) is 0 Å². The molecule has 3 heteroatoms. The van der Waals surface area contributed by atoms with E-state index < -0.39 is 10.7 Å². The average molecular weight is 129 g/mol. The normalized spacial score (nSPS) is 9.33. The van der Waals surface area contributed by atoms with Crippen molar-refractivity contribution in [1.82, 2.24) is 0 Å². The summed E-state index contributed by atoms with van der Waals surface area (Å²) in [4.78, 5) is -1.06. The van der Waals surface area contributed by atoms with Crippen LogP contribution in [0.2, 0.25) is 0 Å². The number of alkyl halides is 2. The molecule has 36 valence electrons. The van der Waals surface area contributed by atoms with Crippen LogP contribution in [0.5, 0.6) is 0 Å². The summed E-state index contributed by atoms with van der Waals surface area (Å²) in [6, 6.07) is 0. The molecule has 0 saturated carbocycles. The minimum atomic E-state index is -1.06. The van der Waals surface area contributed by atoms with Gasteiger partial charge in [-0.15, -0.1) is 0 Å². The van der Waals surface area contributed by atoms with Crippen molar-refractivity contribution in [2.24, 2.45) is 0 Å². The molecule has 0 bridgehead atoms. The molecule has 0 aromatic rings. The van der Waals surface area contributed by atoms with E-state index >= 15 is 0 Å². The van der Waals surface area contributed by atoms with Gasteiger partial charge in [-0.05, 0) is 0 Å². The molecule has 0 aromatic heterocycles. The van der Waals surface area contributed by atoms with Crippen molar-refractivity contribution < 1.29 is 4.39 Å². The summed E-state index contributed by atoms with van der Waals surface area (Å²) in [5.74, 6) is -0.710. The highest BCUT2D eigenvalue weighted by Gasteiger charge is 1.99. The van der Waals surface area contributed by atoms with Crippen molar-refractivity contribution >= 4 is 23.2 Å². The van der Waals surface area contributed by atoms with Gasteiger partial charge in [0.15, 0.2) is 4.84 Å². The highest BCUT2D eigenvalue weighted by Crippen LogP contribution is 2.11. The first-order valence-corrected chi connectivity index (χ1v) is 2.14. The van der Waals surface area contributed by atoms with Crippen LogP contribution in [0.15, 0.2) is 12.4 Å². The van der Waals surface area contributed by atoms with E-state index in [2.05, 4.69) is 6.58 Å². The lowest BCUT2D eigenvalue weighted by atomic mass is 10.7. The van der Waals surface area contributed by atoms with E-state index in [-0.39, 0.29) is 0 Å². The molecule has 0 spiro atoms. The quantitative estimate of drug-likeness (QED) is 0.476. The molecule has 0 atom stereocenters. The van der Waals surface area contributed by atoms with Crippen LogP contribution in [-0.2, 0) is 0 Å². The van der Waals surface area contributed by atoms with Crippen molar-refractivity contribution in [1.29, 1.82) is 0 Å². The van der Waals surface area contributed by atoms with Crippen LogP contribution in [0.4, 0.5) is 4.39 Å². The standard InChI is InChI=1S/C3H3Cl2F/c1-2(6)3(4)5/h3H,1H2. The van der Waals surface area contributed by atoms with Crippen molar-refractivity contribution in [3.63, 3.8) is 0 Å². The Kier molecular flexibility index (Phi) is 2.53. The molecule has 0 radical (unpaired) electrons. The lowest BCUT2D eigenvalue weighted by Gasteiger charge is -1.87. The Hall–Kier alpha value is 0.250. The summed E-state index contributed by atoms with van der Waals surface area (Å²) >= 11 is 9.81. The molecule has 0 aliphatic carbocycles. The summed E-state index contributed by atoms with van der Waals surface area (Å²) in [6.45, 7) is 2.82. The number of allylic oxidation sites excluding steroid dienone is 1. The van der Waals surface area contributed by atoms with E-state index in [0.717, 1.165) is 0 Å². The van der Waals surface area contributed by atoms with Gasteiger partial charge in [0.1, 0.15) is 5.83 Å². The van der Waals surface area contributed by atoms with E-state index in [1.807, 2.05) is 0 Å². The highest BCUT2D eigenvalue weighted by atomic mass is 35.5. The minimum Gasteiger partial charge on any atom is -0.209 e. The van der Waals surface area contributed by atoms with Crippen molar-refractivity contribution in [2.75, 3.05) is 0 Å². The monoisotopic (exact) mass is 128 g/mol. The molecule has 0 rings (SSSR count). The summed E-state index contributed by atoms with van der Waals surface area (Å²) < 4.78 is 11.4. The zero-order valence-electron chi connectivity index (χ0n) is 2.92. The molecule has 0 aromatic carbocycles. The third-order valence-corrected chi connectivity index (χ3v) is 0.710. The Balaban J connectivity index is 3.26. The molecule has 0 aliphatic rings. The van der Waals surface area contributed by atoms with E-state index in [1.54, 1.807) is 0 Å². The second-order valence-electron chi connectivity index (χ2n) is 0.748. The average Bonchev–Trinajstić information content (AvgIpc) is 1.36. The molecule has 0 saturated heterocycles. The maximum absolute atomic E-state index is 11.4. The predicted octanol–water partition coefficient (Wildman–Crippen LogP) is 2.27. The van der Waals surface area contributed by atoms with Gasteiger partial charge in [-0.3, -0.25) is 0 Å². The lowest BCUT2D eigenvalue weighted by molar-refractivity contribution is 0.637. The SMILES string of the molecule is C=C(F)C(Cl)Cl. The Bertz CT molecular complexity index is 59.8. The summed E-state index contributed by atoms with van der Waals surface area (Å²) in [7, 11) is 0. The van der Waals surface area contributed by atoms with E-state index in [0.29, 0.717) is 0 Å². The van der Waals surface area contributed by atoms with Crippen LogP contribution in [-0.4, -0.2) is 4.84 Å². The van der Waals surface area contributed by atoms with Gasteiger partial charge in [0, 0.05) is 0 Å². The van der Waals surface area contributed by atoms with Gasteiger partial charge in [0.05, 0.1) is 0 Å². The van der Waals surface area contributed by atoms with Crippen molar-refractivity contribution in [3.8, 4) is 0 Å². The van der Waals surface area contributed by atoms with Gasteiger partial charge >= 0.3 is 0 Å². The summed E-state index contributed by atoms with van der Waals surface area (Å²) in [6.07, 6.45) is 0. The second kappa shape index (κ2) is 2.43. The Morgan fingerprint density at radius 2 is 1.83 bits per heavy atom. The minimum absolute atomic E-state index is 0.710. The number of halogens is 3. The Morgan fingerprint density at radius 1 is 1.67 bits per heavy atom. The molecule has 6 heavy (non-hydrogen) atoms. The highest BCUT2D eigenvalue weighted by molar-refractivity contribution is 6.45. The number of hydrogen-bond acceptors (Lipinski definition) is 0. The van der Waals surface area contributed by atoms with Crippen molar-refractivity contribution in [3.05, 3.63) is 12.4 Å². The second-order valence-corrected chi connectivity index (χ2v) is 1.84. The fourth-order valence-electron chi connectivity index (χ4n) is 0. The fraction of sp³-hybridized carbons (Fsp3) is 0.333.